The molecule has 0 atom stereocenters. The number of nitrogens with one attached hydrogen (secondary N) is 3. The molecule has 3 aromatic rings. The molecule has 0 fully saturated rings. The van der Waals surface area contributed by atoms with E-state index in [2.05, 4.69) is 15.4 Å². The van der Waals surface area contributed by atoms with Crippen LogP contribution in [0.2, 0.25) is 0 Å². The van der Waals surface area contributed by atoms with Gasteiger partial charge in [0.2, 0.25) is 0 Å². The fourth-order valence-electron chi connectivity index (χ4n) is 3.22. The predicted molar refractivity (Wildman–Crippen MR) is 135 cm³/mol. The molecule has 3 rings (SSSR count). The molecule has 0 bridgehead atoms. The number of carbonyl (C=O) groups excluding carboxylic acids is 2. The lowest BCUT2D eigenvalue weighted by Crippen LogP contribution is -2.28. The van der Waals surface area contributed by atoms with E-state index in [0.717, 1.165) is 5.56 Å². The molecule has 0 aliphatic rings. The summed E-state index contributed by atoms with van der Waals surface area (Å²) in [5.41, 5.74) is 3.04. The molecule has 178 valence electrons. The first-order valence-electron chi connectivity index (χ1n) is 11.0. The molecule has 0 saturated carbocycles. The maximum atomic E-state index is 12.9. The van der Waals surface area contributed by atoms with Crippen LogP contribution in [-0.4, -0.2) is 26.8 Å². The van der Waals surface area contributed by atoms with Crippen molar-refractivity contribution in [3.63, 3.8) is 0 Å². The maximum Gasteiger partial charge on any atom is 0.261 e. The van der Waals surface area contributed by atoms with Gasteiger partial charge in [0.25, 0.3) is 21.8 Å². The molecule has 0 unspecified atom stereocenters. The summed E-state index contributed by atoms with van der Waals surface area (Å²) in [6.07, 6.45) is 0. The molecule has 0 aliphatic heterocycles. The Hall–Kier alpha value is -3.65. The minimum Gasteiger partial charge on any atom is -0.352 e. The summed E-state index contributed by atoms with van der Waals surface area (Å²) < 4.78 is 28.0. The molecule has 0 aromatic heterocycles. The van der Waals surface area contributed by atoms with Crippen LogP contribution in [0.1, 0.15) is 45.7 Å². The van der Waals surface area contributed by atoms with Crippen molar-refractivity contribution in [2.45, 2.75) is 32.6 Å². The second-order valence-electron chi connectivity index (χ2n) is 8.55. The van der Waals surface area contributed by atoms with E-state index in [1.165, 1.54) is 6.07 Å². The Bertz CT molecular complexity index is 1300. The van der Waals surface area contributed by atoms with Crippen LogP contribution in [0.4, 0.5) is 11.4 Å². The van der Waals surface area contributed by atoms with Crippen molar-refractivity contribution >= 4 is 33.2 Å². The average Bonchev–Trinajstić information content (AvgIpc) is 2.79. The molecule has 3 aromatic carbocycles. The van der Waals surface area contributed by atoms with Crippen LogP contribution >= 0.6 is 0 Å². The average molecular weight is 480 g/mol. The monoisotopic (exact) mass is 479 g/mol. The van der Waals surface area contributed by atoms with Crippen molar-refractivity contribution in [3.05, 3.63) is 89.0 Å². The van der Waals surface area contributed by atoms with E-state index >= 15 is 0 Å². The molecule has 0 saturated heterocycles. The van der Waals surface area contributed by atoms with Gasteiger partial charge < -0.3 is 10.6 Å². The standard InChI is InChI=1S/C26H29N3O4S/c1-17(2)16-27-26(31)22-7-5-6-8-24(22)28-25(30)20-11-14-23(19(4)15-20)29-34(32,33)21-12-9-18(3)10-13-21/h5-15,17,29H,16H2,1-4H3,(H,27,31)(H,28,30). The van der Waals surface area contributed by atoms with Crippen molar-refractivity contribution in [1.29, 1.82) is 0 Å². The summed E-state index contributed by atoms with van der Waals surface area (Å²) in [4.78, 5) is 25.6. The Morgan fingerprint density at radius 2 is 1.53 bits per heavy atom. The summed E-state index contributed by atoms with van der Waals surface area (Å²) >= 11 is 0. The van der Waals surface area contributed by atoms with Gasteiger partial charge in [-0.1, -0.05) is 43.7 Å². The van der Waals surface area contributed by atoms with Gasteiger partial charge in [-0.05, 0) is 67.8 Å². The molecule has 3 N–H and O–H groups in total. The van der Waals surface area contributed by atoms with Gasteiger partial charge in [0.05, 0.1) is 21.8 Å². The normalized spacial score (nSPS) is 11.2. The highest BCUT2D eigenvalue weighted by Crippen LogP contribution is 2.23. The number of carbonyl (C=O) groups is 2. The second kappa shape index (κ2) is 10.5. The number of para-hydroxylation sites is 1. The van der Waals surface area contributed by atoms with Gasteiger partial charge in [-0.3, -0.25) is 14.3 Å². The molecule has 0 radical (unpaired) electrons. The number of benzene rings is 3. The Morgan fingerprint density at radius 1 is 0.853 bits per heavy atom. The van der Waals surface area contributed by atoms with Crippen molar-refractivity contribution < 1.29 is 18.0 Å². The number of amides is 2. The Kier molecular flexibility index (Phi) is 7.73. The van der Waals surface area contributed by atoms with Gasteiger partial charge in [0.1, 0.15) is 0 Å². The zero-order chi connectivity index (χ0) is 24.9. The van der Waals surface area contributed by atoms with E-state index in [9.17, 15) is 18.0 Å². The van der Waals surface area contributed by atoms with Gasteiger partial charge in [0.15, 0.2) is 0 Å². The quantitative estimate of drug-likeness (QED) is 0.434. The van der Waals surface area contributed by atoms with Crippen molar-refractivity contribution in [3.8, 4) is 0 Å². The number of anilines is 2. The molecule has 0 spiro atoms. The first-order chi connectivity index (χ1) is 16.1. The van der Waals surface area contributed by atoms with Gasteiger partial charge in [-0.15, -0.1) is 0 Å². The van der Waals surface area contributed by atoms with Gasteiger partial charge in [-0.25, -0.2) is 8.42 Å². The summed E-state index contributed by atoms with van der Waals surface area (Å²) in [5.74, 6) is -0.364. The lowest BCUT2D eigenvalue weighted by molar-refractivity contribution is 0.0950. The van der Waals surface area contributed by atoms with Gasteiger partial charge in [-0.2, -0.15) is 0 Å². The topological polar surface area (TPSA) is 104 Å². The zero-order valence-corrected chi connectivity index (χ0v) is 20.5. The van der Waals surface area contributed by atoms with E-state index < -0.39 is 15.9 Å². The van der Waals surface area contributed by atoms with Gasteiger partial charge >= 0.3 is 0 Å². The molecule has 2 amide bonds. The lowest BCUT2D eigenvalue weighted by atomic mass is 10.1. The fraction of sp³-hybridized carbons (Fsp3) is 0.231. The van der Waals surface area contributed by atoms with Crippen LogP contribution in [0.5, 0.6) is 0 Å². The Morgan fingerprint density at radius 3 is 2.18 bits per heavy atom. The summed E-state index contributed by atoms with van der Waals surface area (Å²) in [6, 6.07) is 18.0. The highest BCUT2D eigenvalue weighted by Gasteiger charge is 2.17. The van der Waals surface area contributed by atoms with E-state index in [-0.39, 0.29) is 10.8 Å². The van der Waals surface area contributed by atoms with Crippen LogP contribution < -0.4 is 15.4 Å². The summed E-state index contributed by atoms with van der Waals surface area (Å²) in [6.45, 7) is 8.13. The maximum absolute atomic E-state index is 12.9. The SMILES string of the molecule is Cc1ccc(S(=O)(=O)Nc2ccc(C(=O)Nc3ccccc3C(=O)NCC(C)C)cc2C)cc1. The van der Waals surface area contributed by atoms with E-state index in [1.54, 1.807) is 67.6 Å². The summed E-state index contributed by atoms with van der Waals surface area (Å²) in [7, 11) is -3.76. The highest BCUT2D eigenvalue weighted by atomic mass is 32.2. The largest absolute Gasteiger partial charge is 0.352 e. The van der Waals surface area contributed by atoms with E-state index in [1.807, 2.05) is 20.8 Å². The molecule has 0 aliphatic carbocycles. The molecule has 7 nitrogen and oxygen atoms in total. The number of sulfonamides is 1. The number of hydrogen-bond acceptors (Lipinski definition) is 4. The van der Waals surface area contributed by atoms with E-state index in [0.29, 0.717) is 40.5 Å². The molecular weight excluding hydrogens is 450 g/mol. The second-order valence-corrected chi connectivity index (χ2v) is 10.2. The first-order valence-corrected chi connectivity index (χ1v) is 12.4. The van der Waals surface area contributed by atoms with Crippen LogP contribution in [-0.2, 0) is 10.0 Å². The lowest BCUT2D eigenvalue weighted by Gasteiger charge is -2.14. The zero-order valence-electron chi connectivity index (χ0n) is 19.7. The minimum atomic E-state index is -3.76. The smallest absolute Gasteiger partial charge is 0.261 e. The van der Waals surface area contributed by atoms with Crippen LogP contribution in [0.15, 0.2) is 71.6 Å². The fourth-order valence-corrected chi connectivity index (χ4v) is 4.35. The number of hydrogen-bond donors (Lipinski definition) is 3. The van der Waals surface area contributed by atoms with Crippen molar-refractivity contribution in [2.24, 2.45) is 5.92 Å². The van der Waals surface area contributed by atoms with Crippen LogP contribution in [0, 0.1) is 19.8 Å². The molecule has 34 heavy (non-hydrogen) atoms. The van der Waals surface area contributed by atoms with Crippen LogP contribution in [0.25, 0.3) is 0 Å². The molecule has 0 heterocycles. The highest BCUT2D eigenvalue weighted by molar-refractivity contribution is 7.92. The van der Waals surface area contributed by atoms with Crippen molar-refractivity contribution in [1.82, 2.24) is 5.32 Å². The third-order valence-electron chi connectivity index (χ3n) is 5.15. The molecular formula is C26H29N3O4S. The molecule has 8 heteroatoms. The van der Waals surface area contributed by atoms with Crippen molar-refractivity contribution in [2.75, 3.05) is 16.6 Å². The first kappa shape index (κ1) is 25.0. The third-order valence-corrected chi connectivity index (χ3v) is 6.54. The summed E-state index contributed by atoms with van der Waals surface area (Å²) in [5, 5.41) is 5.63. The third kappa shape index (κ3) is 6.23. The van der Waals surface area contributed by atoms with Gasteiger partial charge in [0, 0.05) is 12.1 Å². The minimum absolute atomic E-state index is 0.159. The van der Waals surface area contributed by atoms with E-state index in [4.69, 9.17) is 0 Å². The van der Waals surface area contributed by atoms with Crippen LogP contribution in [0.3, 0.4) is 0 Å². The Balaban J connectivity index is 1.76. The number of aryl methyl sites for hydroxylation is 2. The predicted octanol–water partition coefficient (Wildman–Crippen LogP) is 4.74. The number of rotatable bonds is 8. The Labute approximate surface area is 200 Å².